The van der Waals surface area contributed by atoms with Crippen LogP contribution in [-0.4, -0.2) is 22.6 Å². The molecule has 0 saturated carbocycles. The summed E-state index contributed by atoms with van der Waals surface area (Å²) < 4.78 is 5.33. The number of rotatable bonds is 4. The van der Waals surface area contributed by atoms with Crippen LogP contribution in [0, 0.1) is 6.92 Å². The zero-order valence-electron chi connectivity index (χ0n) is 8.86. The van der Waals surface area contributed by atoms with Gasteiger partial charge in [0.15, 0.2) is 11.5 Å². The normalized spacial score (nSPS) is 10.6. The topological polar surface area (TPSA) is 75.4 Å². The Bertz CT molecular complexity index is 519. The van der Waals surface area contributed by atoms with Gasteiger partial charge >= 0.3 is 5.97 Å². The molecule has 0 aliphatic carbocycles. The number of nitrogens with one attached hydrogen (secondary N) is 1. The van der Waals surface area contributed by atoms with Crippen molar-refractivity contribution in [2.24, 2.45) is 0 Å². The summed E-state index contributed by atoms with van der Waals surface area (Å²) in [5, 5.41) is 11.5. The van der Waals surface area contributed by atoms with Crippen molar-refractivity contribution in [3.63, 3.8) is 0 Å². The molecule has 0 radical (unpaired) electrons. The minimum absolute atomic E-state index is 0.0931. The number of aryl methyl sites for hydroxylation is 1. The molecule has 16 heavy (non-hydrogen) atoms. The van der Waals surface area contributed by atoms with Crippen molar-refractivity contribution in [1.29, 1.82) is 0 Å². The SMILES string of the molecule is Cc1nc2cc(NCCC(=O)O)ccc2o1. The van der Waals surface area contributed by atoms with Crippen molar-refractivity contribution < 1.29 is 14.3 Å². The lowest BCUT2D eigenvalue weighted by molar-refractivity contribution is -0.136. The smallest absolute Gasteiger partial charge is 0.305 e. The van der Waals surface area contributed by atoms with Gasteiger partial charge in [0.25, 0.3) is 0 Å². The molecule has 2 aromatic rings. The summed E-state index contributed by atoms with van der Waals surface area (Å²) in [7, 11) is 0. The van der Waals surface area contributed by atoms with Gasteiger partial charge in [0.05, 0.1) is 6.42 Å². The quantitative estimate of drug-likeness (QED) is 0.824. The van der Waals surface area contributed by atoms with Crippen LogP contribution in [0.1, 0.15) is 12.3 Å². The molecule has 0 bridgehead atoms. The fourth-order valence-electron chi connectivity index (χ4n) is 1.47. The molecule has 84 valence electrons. The highest BCUT2D eigenvalue weighted by atomic mass is 16.4. The van der Waals surface area contributed by atoms with E-state index in [9.17, 15) is 4.79 Å². The Labute approximate surface area is 92.1 Å². The van der Waals surface area contributed by atoms with Crippen LogP contribution in [0.2, 0.25) is 0 Å². The van der Waals surface area contributed by atoms with Crippen molar-refractivity contribution in [2.45, 2.75) is 13.3 Å². The molecule has 1 heterocycles. The number of carbonyl (C=O) groups is 1. The van der Waals surface area contributed by atoms with E-state index in [-0.39, 0.29) is 6.42 Å². The molecule has 0 unspecified atom stereocenters. The number of aliphatic carboxylic acids is 1. The highest BCUT2D eigenvalue weighted by Gasteiger charge is 2.03. The maximum Gasteiger partial charge on any atom is 0.305 e. The number of aromatic nitrogens is 1. The summed E-state index contributed by atoms with van der Waals surface area (Å²) in [6, 6.07) is 5.50. The van der Waals surface area contributed by atoms with Crippen molar-refractivity contribution in [3.8, 4) is 0 Å². The monoisotopic (exact) mass is 220 g/mol. The summed E-state index contributed by atoms with van der Waals surface area (Å²) in [6.45, 7) is 2.19. The first kappa shape index (κ1) is 10.5. The summed E-state index contributed by atoms with van der Waals surface area (Å²) in [5.74, 6) is -0.191. The lowest BCUT2D eigenvalue weighted by Gasteiger charge is -2.03. The van der Waals surface area contributed by atoms with Crippen molar-refractivity contribution in [2.75, 3.05) is 11.9 Å². The number of anilines is 1. The van der Waals surface area contributed by atoms with Crippen LogP contribution in [-0.2, 0) is 4.79 Å². The summed E-state index contributed by atoms with van der Waals surface area (Å²) in [5.41, 5.74) is 2.36. The van der Waals surface area contributed by atoms with E-state index in [0.29, 0.717) is 12.4 Å². The number of fused-ring (bicyclic) bond motifs is 1. The Morgan fingerprint density at radius 3 is 3.12 bits per heavy atom. The number of carboxylic acid groups (broad SMARTS) is 1. The number of carboxylic acids is 1. The second-order valence-electron chi connectivity index (χ2n) is 3.49. The first-order valence-corrected chi connectivity index (χ1v) is 4.98. The molecule has 5 heteroatoms. The van der Waals surface area contributed by atoms with Crippen LogP contribution in [0.25, 0.3) is 11.1 Å². The van der Waals surface area contributed by atoms with Crippen molar-refractivity contribution >= 4 is 22.8 Å². The molecular formula is C11H12N2O3. The van der Waals surface area contributed by atoms with Gasteiger partial charge in [0.1, 0.15) is 5.52 Å². The van der Waals surface area contributed by atoms with Crippen LogP contribution in [0.5, 0.6) is 0 Å². The van der Waals surface area contributed by atoms with E-state index in [0.717, 1.165) is 16.8 Å². The third kappa shape index (κ3) is 2.31. The van der Waals surface area contributed by atoms with E-state index < -0.39 is 5.97 Å². The van der Waals surface area contributed by atoms with E-state index in [2.05, 4.69) is 10.3 Å². The second-order valence-corrected chi connectivity index (χ2v) is 3.49. The number of hydrogen-bond acceptors (Lipinski definition) is 4. The average molecular weight is 220 g/mol. The van der Waals surface area contributed by atoms with Crippen LogP contribution in [0.15, 0.2) is 22.6 Å². The van der Waals surface area contributed by atoms with Crippen molar-refractivity contribution in [3.05, 3.63) is 24.1 Å². The van der Waals surface area contributed by atoms with E-state index in [1.54, 1.807) is 6.92 Å². The molecule has 0 amide bonds. The molecule has 0 aliphatic heterocycles. The standard InChI is InChI=1S/C11H12N2O3/c1-7-13-9-6-8(2-3-10(9)16-7)12-5-4-11(14)15/h2-3,6,12H,4-5H2,1H3,(H,14,15). The lowest BCUT2D eigenvalue weighted by Crippen LogP contribution is -2.07. The Balaban J connectivity index is 2.10. The molecule has 0 spiro atoms. The maximum atomic E-state index is 10.3. The lowest BCUT2D eigenvalue weighted by atomic mass is 10.3. The molecule has 0 saturated heterocycles. The number of nitrogens with zero attached hydrogens (tertiary/aromatic N) is 1. The average Bonchev–Trinajstić information content (AvgIpc) is 2.56. The van der Waals surface area contributed by atoms with Crippen molar-refractivity contribution in [1.82, 2.24) is 4.98 Å². The zero-order valence-corrected chi connectivity index (χ0v) is 8.86. The third-order valence-electron chi connectivity index (χ3n) is 2.16. The fraction of sp³-hybridized carbons (Fsp3) is 0.273. The summed E-state index contributed by atoms with van der Waals surface area (Å²) in [6.07, 6.45) is 0.0931. The summed E-state index contributed by atoms with van der Waals surface area (Å²) in [4.78, 5) is 14.5. The van der Waals surface area contributed by atoms with Gasteiger partial charge in [-0.2, -0.15) is 0 Å². The maximum absolute atomic E-state index is 10.3. The Morgan fingerprint density at radius 2 is 2.38 bits per heavy atom. The molecule has 2 N–H and O–H groups in total. The van der Waals surface area contributed by atoms with Crippen LogP contribution < -0.4 is 5.32 Å². The minimum atomic E-state index is -0.814. The Kier molecular flexibility index (Phi) is 2.76. The number of oxazole rings is 1. The van der Waals surface area contributed by atoms with Crippen LogP contribution >= 0.6 is 0 Å². The summed E-state index contributed by atoms with van der Waals surface area (Å²) >= 11 is 0. The highest BCUT2D eigenvalue weighted by Crippen LogP contribution is 2.19. The molecule has 5 nitrogen and oxygen atoms in total. The van der Waals surface area contributed by atoms with E-state index in [1.807, 2.05) is 18.2 Å². The molecule has 1 aromatic heterocycles. The molecule has 0 aliphatic rings. The third-order valence-corrected chi connectivity index (χ3v) is 2.16. The van der Waals surface area contributed by atoms with Gasteiger partial charge in [-0.25, -0.2) is 4.98 Å². The minimum Gasteiger partial charge on any atom is -0.481 e. The van der Waals surface area contributed by atoms with Gasteiger partial charge in [0.2, 0.25) is 0 Å². The molecule has 0 fully saturated rings. The second kappa shape index (κ2) is 4.22. The van der Waals surface area contributed by atoms with E-state index in [4.69, 9.17) is 9.52 Å². The molecule has 1 aromatic carbocycles. The predicted molar refractivity (Wildman–Crippen MR) is 59.5 cm³/mol. The molecule has 0 atom stereocenters. The predicted octanol–water partition coefficient (Wildman–Crippen LogP) is 2.02. The van der Waals surface area contributed by atoms with Gasteiger partial charge < -0.3 is 14.8 Å². The number of benzene rings is 1. The van der Waals surface area contributed by atoms with Gasteiger partial charge in [-0.1, -0.05) is 0 Å². The Morgan fingerprint density at radius 1 is 1.56 bits per heavy atom. The zero-order chi connectivity index (χ0) is 11.5. The van der Waals surface area contributed by atoms with Gasteiger partial charge in [-0.05, 0) is 18.2 Å². The molecule has 2 rings (SSSR count). The fourth-order valence-corrected chi connectivity index (χ4v) is 1.47. The molecular weight excluding hydrogens is 208 g/mol. The number of hydrogen-bond donors (Lipinski definition) is 2. The van der Waals surface area contributed by atoms with E-state index in [1.165, 1.54) is 0 Å². The van der Waals surface area contributed by atoms with E-state index >= 15 is 0 Å². The first-order chi connectivity index (χ1) is 7.65. The highest BCUT2D eigenvalue weighted by molar-refractivity contribution is 5.77. The van der Waals surface area contributed by atoms with Gasteiger partial charge in [-0.3, -0.25) is 4.79 Å². The van der Waals surface area contributed by atoms with Gasteiger partial charge in [-0.15, -0.1) is 0 Å². The first-order valence-electron chi connectivity index (χ1n) is 4.98. The Hall–Kier alpha value is -2.04. The largest absolute Gasteiger partial charge is 0.481 e. The van der Waals surface area contributed by atoms with Gasteiger partial charge in [0, 0.05) is 19.2 Å². The van der Waals surface area contributed by atoms with Crippen LogP contribution in [0.3, 0.4) is 0 Å². The van der Waals surface area contributed by atoms with Crippen LogP contribution in [0.4, 0.5) is 5.69 Å².